The van der Waals surface area contributed by atoms with Crippen LogP contribution in [0.15, 0.2) is 45.7 Å². The molecule has 1 aliphatic heterocycles. The Morgan fingerprint density at radius 1 is 1.27 bits per heavy atom. The first-order valence-corrected chi connectivity index (χ1v) is 8.56. The molecule has 1 aromatic carbocycles. The Kier molecular flexibility index (Phi) is 5.28. The van der Waals surface area contributed by atoms with E-state index < -0.39 is 6.10 Å². The Bertz CT molecular complexity index is 579. The van der Waals surface area contributed by atoms with Gasteiger partial charge in [-0.05, 0) is 59.8 Å². The molecule has 1 aromatic heterocycles. The van der Waals surface area contributed by atoms with Gasteiger partial charge < -0.3 is 14.5 Å². The van der Waals surface area contributed by atoms with E-state index in [2.05, 4.69) is 56.3 Å². The Hall–Kier alpha value is -1.17. The maximum Gasteiger partial charge on any atom is 0.155 e. The van der Waals surface area contributed by atoms with Crippen LogP contribution in [0.4, 0.5) is 0 Å². The number of halogens is 1. The molecule has 0 radical (unpaired) electrons. The number of hydrogen-bond donors (Lipinski definition) is 1. The predicted octanol–water partition coefficient (Wildman–Crippen LogP) is 3.43. The Morgan fingerprint density at radius 2 is 2.00 bits per heavy atom. The fraction of sp³-hybridized carbons (Fsp3) is 0.471. The van der Waals surface area contributed by atoms with Gasteiger partial charge in [0, 0.05) is 6.54 Å². The van der Waals surface area contributed by atoms with Crippen molar-refractivity contribution in [2.24, 2.45) is 5.92 Å². The van der Waals surface area contributed by atoms with Gasteiger partial charge in [-0.3, -0.25) is 0 Å². The Balaban J connectivity index is 1.47. The summed E-state index contributed by atoms with van der Waals surface area (Å²) < 4.78 is 5.46. The molecule has 2 heterocycles. The summed E-state index contributed by atoms with van der Waals surface area (Å²) in [7, 11) is 0. The number of aliphatic hydroxyl groups is 1. The molecular formula is C17H21BrN2O2. The van der Waals surface area contributed by atoms with E-state index >= 15 is 0 Å². The molecule has 4 nitrogen and oxygen atoms in total. The number of benzene rings is 1. The Labute approximate surface area is 139 Å². The summed E-state index contributed by atoms with van der Waals surface area (Å²) in [6.07, 6.45) is 4.50. The number of nitrogens with zero attached hydrogens (tertiary/aromatic N) is 2. The quantitative estimate of drug-likeness (QED) is 0.882. The molecule has 5 heteroatoms. The summed E-state index contributed by atoms with van der Waals surface area (Å²) in [6.45, 7) is 2.72. The number of aliphatic hydroxyl groups excluding tert-OH is 1. The van der Waals surface area contributed by atoms with Crippen LogP contribution in [0.2, 0.25) is 0 Å². The highest BCUT2D eigenvalue weighted by atomic mass is 79.9. The second kappa shape index (κ2) is 7.40. The van der Waals surface area contributed by atoms with E-state index in [9.17, 15) is 5.11 Å². The maximum absolute atomic E-state index is 10.3. The van der Waals surface area contributed by atoms with Crippen molar-refractivity contribution in [3.63, 3.8) is 0 Å². The van der Waals surface area contributed by atoms with Crippen LogP contribution in [-0.2, 0) is 6.42 Å². The molecule has 1 N–H and O–H groups in total. The van der Waals surface area contributed by atoms with Crippen molar-refractivity contribution in [2.45, 2.75) is 25.4 Å². The second-order valence-electron chi connectivity index (χ2n) is 6.01. The second-order valence-corrected chi connectivity index (χ2v) is 6.76. The van der Waals surface area contributed by atoms with E-state index in [1.807, 2.05) is 0 Å². The van der Waals surface area contributed by atoms with Gasteiger partial charge in [0.15, 0.2) is 4.60 Å². The van der Waals surface area contributed by atoms with E-state index in [0.717, 1.165) is 31.0 Å². The molecule has 3 rings (SSSR count). The molecule has 1 saturated heterocycles. The first-order chi connectivity index (χ1) is 10.7. The third-order valence-corrected chi connectivity index (χ3v) is 5.02. The molecule has 1 aliphatic rings. The lowest BCUT2D eigenvalue weighted by atomic mass is 9.90. The van der Waals surface area contributed by atoms with Crippen LogP contribution in [-0.4, -0.2) is 34.8 Å². The third kappa shape index (κ3) is 3.97. The fourth-order valence-electron chi connectivity index (χ4n) is 3.11. The first-order valence-electron chi connectivity index (χ1n) is 7.76. The molecular weight excluding hydrogens is 344 g/mol. The fourth-order valence-corrected chi connectivity index (χ4v) is 3.55. The minimum Gasteiger partial charge on any atom is -0.387 e. The normalized spacial score (nSPS) is 18.5. The number of aromatic nitrogens is 1. The van der Waals surface area contributed by atoms with Crippen LogP contribution in [0.1, 0.15) is 30.1 Å². The van der Waals surface area contributed by atoms with Gasteiger partial charge in [-0.2, -0.15) is 0 Å². The van der Waals surface area contributed by atoms with E-state index in [1.165, 1.54) is 24.7 Å². The largest absolute Gasteiger partial charge is 0.387 e. The van der Waals surface area contributed by atoms with Crippen molar-refractivity contribution < 1.29 is 9.63 Å². The number of rotatable bonds is 5. The van der Waals surface area contributed by atoms with Crippen molar-refractivity contribution in [1.29, 1.82) is 0 Å². The number of likely N-dealkylation sites (tertiary alicyclic amines) is 1. The van der Waals surface area contributed by atoms with Gasteiger partial charge in [-0.25, -0.2) is 0 Å². The zero-order valence-corrected chi connectivity index (χ0v) is 14.1. The van der Waals surface area contributed by atoms with E-state index in [0.29, 0.717) is 11.1 Å². The van der Waals surface area contributed by atoms with Crippen LogP contribution in [0.5, 0.6) is 0 Å². The van der Waals surface area contributed by atoms with Crippen molar-refractivity contribution in [3.05, 3.63) is 52.3 Å². The summed E-state index contributed by atoms with van der Waals surface area (Å²) in [5.41, 5.74) is 2.15. The zero-order valence-electron chi connectivity index (χ0n) is 12.5. The van der Waals surface area contributed by atoms with Gasteiger partial charge in [0.2, 0.25) is 0 Å². The molecule has 0 spiro atoms. The molecule has 0 bridgehead atoms. The smallest absolute Gasteiger partial charge is 0.155 e. The predicted molar refractivity (Wildman–Crippen MR) is 88.5 cm³/mol. The molecule has 22 heavy (non-hydrogen) atoms. The monoisotopic (exact) mass is 364 g/mol. The molecule has 118 valence electrons. The Morgan fingerprint density at radius 3 is 2.64 bits per heavy atom. The third-order valence-electron chi connectivity index (χ3n) is 4.42. The van der Waals surface area contributed by atoms with Crippen molar-refractivity contribution in [2.75, 3.05) is 19.6 Å². The van der Waals surface area contributed by atoms with Gasteiger partial charge in [-0.15, -0.1) is 0 Å². The number of piperidine rings is 1. The average Bonchev–Trinajstić information content (AvgIpc) is 2.96. The molecule has 1 atom stereocenters. The summed E-state index contributed by atoms with van der Waals surface area (Å²) in [5.74, 6) is 0.748. The number of β-amino-alcohol motifs (C(OH)–C–C–N with tert-alkyl or cyclic N) is 1. The molecule has 0 amide bonds. The molecule has 0 aliphatic carbocycles. The zero-order chi connectivity index (χ0) is 15.4. The van der Waals surface area contributed by atoms with Crippen LogP contribution in [0, 0.1) is 5.92 Å². The van der Waals surface area contributed by atoms with Gasteiger partial charge in [0.05, 0.1) is 11.7 Å². The molecule has 1 fully saturated rings. The van der Waals surface area contributed by atoms with Crippen molar-refractivity contribution >= 4 is 15.9 Å². The van der Waals surface area contributed by atoms with Crippen LogP contribution >= 0.6 is 15.9 Å². The highest BCUT2D eigenvalue weighted by molar-refractivity contribution is 9.10. The average molecular weight is 365 g/mol. The summed E-state index contributed by atoms with van der Waals surface area (Å²) >= 11 is 3.29. The van der Waals surface area contributed by atoms with Gasteiger partial charge in [0.1, 0.15) is 6.26 Å². The maximum atomic E-state index is 10.3. The minimum atomic E-state index is -0.550. The minimum absolute atomic E-state index is 0.550. The highest BCUT2D eigenvalue weighted by Crippen LogP contribution is 2.26. The summed E-state index contributed by atoms with van der Waals surface area (Å²) in [4.78, 5) is 2.32. The molecule has 0 saturated carbocycles. The summed E-state index contributed by atoms with van der Waals surface area (Å²) in [6, 6.07) is 10.7. The van der Waals surface area contributed by atoms with Gasteiger partial charge >= 0.3 is 0 Å². The topological polar surface area (TPSA) is 49.5 Å². The van der Waals surface area contributed by atoms with Crippen LogP contribution in [0.3, 0.4) is 0 Å². The van der Waals surface area contributed by atoms with Crippen molar-refractivity contribution in [3.8, 4) is 0 Å². The van der Waals surface area contributed by atoms with E-state index in [4.69, 9.17) is 4.52 Å². The van der Waals surface area contributed by atoms with Crippen molar-refractivity contribution in [1.82, 2.24) is 10.1 Å². The summed E-state index contributed by atoms with van der Waals surface area (Å²) in [5, 5.41) is 14.0. The number of hydrogen-bond acceptors (Lipinski definition) is 4. The van der Waals surface area contributed by atoms with Crippen LogP contribution < -0.4 is 0 Å². The SMILES string of the molecule is OC(CN1CCC(Cc2ccccc2)CC1)c1conc1Br. The van der Waals surface area contributed by atoms with Gasteiger partial charge in [0.25, 0.3) is 0 Å². The first kappa shape index (κ1) is 15.7. The van der Waals surface area contributed by atoms with Crippen LogP contribution in [0.25, 0.3) is 0 Å². The van der Waals surface area contributed by atoms with E-state index in [1.54, 1.807) is 0 Å². The van der Waals surface area contributed by atoms with E-state index in [-0.39, 0.29) is 0 Å². The van der Waals surface area contributed by atoms with Gasteiger partial charge in [-0.1, -0.05) is 35.5 Å². The highest BCUT2D eigenvalue weighted by Gasteiger charge is 2.23. The molecule has 1 unspecified atom stereocenters. The standard InChI is InChI=1S/C17H21BrN2O2/c18-17-15(12-22-19-17)16(21)11-20-8-6-14(7-9-20)10-13-4-2-1-3-5-13/h1-5,12,14,16,21H,6-11H2. The lowest BCUT2D eigenvalue weighted by Crippen LogP contribution is -2.37. The molecule has 2 aromatic rings. The lowest BCUT2D eigenvalue weighted by molar-refractivity contribution is 0.0885. The lowest BCUT2D eigenvalue weighted by Gasteiger charge is -2.33.